The highest BCUT2D eigenvalue weighted by atomic mass is 35.5. The molecule has 2 aromatic rings. The standard InChI is InChI=1S/C18H21ClN4O3S/c1-22-8-10-23(11-9-22)27(25,26)17-12-14(5-6-16(17)19)18(24)21-13-15-4-2-3-7-20-15/h2-7,12H,8-11,13H2,1H3,(H,21,24). The van der Waals surface area contributed by atoms with Crippen molar-refractivity contribution in [1.82, 2.24) is 19.5 Å². The lowest BCUT2D eigenvalue weighted by atomic mass is 10.2. The molecule has 0 aliphatic carbocycles. The molecule has 2 heterocycles. The van der Waals surface area contributed by atoms with Gasteiger partial charge in [0.05, 0.1) is 17.3 Å². The van der Waals surface area contributed by atoms with Gasteiger partial charge in [-0.25, -0.2) is 8.42 Å². The van der Waals surface area contributed by atoms with Crippen LogP contribution in [0.1, 0.15) is 16.1 Å². The number of benzene rings is 1. The van der Waals surface area contributed by atoms with Gasteiger partial charge >= 0.3 is 0 Å². The van der Waals surface area contributed by atoms with Crippen molar-refractivity contribution in [2.45, 2.75) is 11.4 Å². The Hall–Kier alpha value is -2.00. The monoisotopic (exact) mass is 408 g/mol. The third-order valence-corrected chi connectivity index (χ3v) is 6.81. The van der Waals surface area contributed by atoms with Crippen LogP contribution in [0, 0.1) is 0 Å². The number of likely N-dealkylation sites (N-methyl/N-ethyl adjacent to an activating group) is 1. The van der Waals surface area contributed by atoms with Gasteiger partial charge in [-0.2, -0.15) is 4.31 Å². The van der Waals surface area contributed by atoms with Gasteiger partial charge in [-0.1, -0.05) is 17.7 Å². The Morgan fingerprint density at radius 2 is 1.93 bits per heavy atom. The summed E-state index contributed by atoms with van der Waals surface area (Å²) in [5.74, 6) is -0.382. The number of sulfonamides is 1. The Morgan fingerprint density at radius 1 is 1.19 bits per heavy atom. The van der Waals surface area contributed by atoms with Gasteiger partial charge in [-0.3, -0.25) is 9.78 Å². The van der Waals surface area contributed by atoms with Crippen LogP contribution in [0.5, 0.6) is 0 Å². The first-order valence-corrected chi connectivity index (χ1v) is 10.4. The van der Waals surface area contributed by atoms with Crippen molar-refractivity contribution in [3.8, 4) is 0 Å². The number of nitrogens with zero attached hydrogens (tertiary/aromatic N) is 3. The van der Waals surface area contributed by atoms with E-state index in [1.54, 1.807) is 18.3 Å². The molecule has 1 N–H and O–H groups in total. The summed E-state index contributed by atoms with van der Waals surface area (Å²) < 4.78 is 27.3. The minimum Gasteiger partial charge on any atom is -0.346 e. The van der Waals surface area contributed by atoms with Crippen LogP contribution in [0.15, 0.2) is 47.5 Å². The number of amides is 1. The summed E-state index contributed by atoms with van der Waals surface area (Å²) in [4.78, 5) is 18.6. The van der Waals surface area contributed by atoms with E-state index in [4.69, 9.17) is 11.6 Å². The Morgan fingerprint density at radius 3 is 2.59 bits per heavy atom. The summed E-state index contributed by atoms with van der Waals surface area (Å²) in [6, 6.07) is 9.71. The topological polar surface area (TPSA) is 82.6 Å². The molecular formula is C18H21ClN4O3S. The largest absolute Gasteiger partial charge is 0.346 e. The number of aromatic nitrogens is 1. The molecule has 1 saturated heterocycles. The van der Waals surface area contributed by atoms with Crippen molar-refractivity contribution >= 4 is 27.5 Å². The highest BCUT2D eigenvalue weighted by Crippen LogP contribution is 2.26. The van der Waals surface area contributed by atoms with E-state index in [-0.39, 0.29) is 27.9 Å². The minimum atomic E-state index is -3.76. The van der Waals surface area contributed by atoms with E-state index >= 15 is 0 Å². The Bertz CT molecular complexity index is 913. The molecule has 0 unspecified atom stereocenters. The number of piperazine rings is 1. The number of rotatable bonds is 5. The van der Waals surface area contributed by atoms with Crippen LogP contribution in [-0.2, 0) is 16.6 Å². The van der Waals surface area contributed by atoms with E-state index in [0.29, 0.717) is 31.9 Å². The first-order valence-electron chi connectivity index (χ1n) is 8.54. The molecule has 0 bridgehead atoms. The molecule has 0 atom stereocenters. The average Bonchev–Trinajstić information content (AvgIpc) is 2.67. The van der Waals surface area contributed by atoms with Gasteiger partial charge in [0, 0.05) is 37.9 Å². The molecule has 7 nitrogen and oxygen atoms in total. The van der Waals surface area contributed by atoms with Crippen LogP contribution in [0.3, 0.4) is 0 Å². The molecule has 0 spiro atoms. The van der Waals surface area contributed by atoms with E-state index in [1.807, 2.05) is 13.1 Å². The number of halogens is 1. The second-order valence-electron chi connectivity index (χ2n) is 6.36. The molecule has 27 heavy (non-hydrogen) atoms. The van der Waals surface area contributed by atoms with Gasteiger partial charge < -0.3 is 10.2 Å². The zero-order valence-corrected chi connectivity index (χ0v) is 16.5. The molecule has 1 aliphatic heterocycles. The molecule has 1 amide bonds. The Kier molecular flexibility index (Phi) is 6.11. The van der Waals surface area contributed by atoms with Gasteiger partial charge in [0.2, 0.25) is 10.0 Å². The fourth-order valence-corrected chi connectivity index (χ4v) is 4.71. The predicted molar refractivity (Wildman–Crippen MR) is 103 cm³/mol. The van der Waals surface area contributed by atoms with Crippen molar-refractivity contribution in [3.05, 3.63) is 58.9 Å². The van der Waals surface area contributed by atoms with Crippen LogP contribution >= 0.6 is 11.6 Å². The van der Waals surface area contributed by atoms with Crippen LogP contribution in [-0.4, -0.2) is 61.7 Å². The maximum absolute atomic E-state index is 13.0. The predicted octanol–water partition coefficient (Wildman–Crippen LogP) is 1.60. The molecule has 3 rings (SSSR count). The quantitative estimate of drug-likeness (QED) is 0.812. The lowest BCUT2D eigenvalue weighted by Crippen LogP contribution is -2.47. The number of hydrogen-bond acceptors (Lipinski definition) is 5. The van der Waals surface area contributed by atoms with Crippen molar-refractivity contribution < 1.29 is 13.2 Å². The van der Waals surface area contributed by atoms with Gasteiger partial charge in [-0.15, -0.1) is 0 Å². The molecule has 0 radical (unpaired) electrons. The average molecular weight is 409 g/mol. The second-order valence-corrected chi connectivity index (χ2v) is 8.67. The van der Waals surface area contributed by atoms with Crippen molar-refractivity contribution in [3.63, 3.8) is 0 Å². The highest BCUT2D eigenvalue weighted by Gasteiger charge is 2.29. The van der Waals surface area contributed by atoms with Crippen LogP contribution in [0.25, 0.3) is 0 Å². The van der Waals surface area contributed by atoms with Crippen LogP contribution < -0.4 is 5.32 Å². The van der Waals surface area contributed by atoms with E-state index in [2.05, 4.69) is 15.2 Å². The van der Waals surface area contributed by atoms with Gasteiger partial charge in [-0.05, 0) is 37.4 Å². The summed E-state index contributed by atoms with van der Waals surface area (Å²) in [7, 11) is -1.81. The Balaban J connectivity index is 1.78. The first-order chi connectivity index (χ1) is 12.9. The van der Waals surface area contributed by atoms with Crippen LogP contribution in [0.4, 0.5) is 0 Å². The normalized spacial score (nSPS) is 16.2. The molecule has 1 aromatic carbocycles. The third kappa shape index (κ3) is 4.65. The minimum absolute atomic E-state index is 0.0424. The molecule has 1 aliphatic rings. The zero-order valence-electron chi connectivity index (χ0n) is 14.9. The smallest absolute Gasteiger partial charge is 0.251 e. The molecule has 0 saturated carbocycles. The van der Waals surface area contributed by atoms with E-state index in [0.717, 1.165) is 0 Å². The fraction of sp³-hybridized carbons (Fsp3) is 0.333. The number of carbonyl (C=O) groups excluding carboxylic acids is 1. The summed E-state index contributed by atoms with van der Waals surface area (Å²) in [6.07, 6.45) is 1.64. The molecule has 1 fully saturated rings. The molecule has 9 heteroatoms. The second kappa shape index (κ2) is 8.35. The highest BCUT2D eigenvalue weighted by molar-refractivity contribution is 7.89. The fourth-order valence-electron chi connectivity index (χ4n) is 2.79. The first kappa shape index (κ1) is 19.8. The van der Waals surface area contributed by atoms with Crippen molar-refractivity contribution in [2.24, 2.45) is 0 Å². The SMILES string of the molecule is CN1CCN(S(=O)(=O)c2cc(C(=O)NCc3ccccn3)ccc2Cl)CC1. The molecule has 144 valence electrons. The molecule has 1 aromatic heterocycles. The van der Waals surface area contributed by atoms with Gasteiger partial charge in [0.25, 0.3) is 5.91 Å². The number of hydrogen-bond donors (Lipinski definition) is 1. The number of pyridine rings is 1. The lowest BCUT2D eigenvalue weighted by molar-refractivity contribution is 0.0950. The van der Waals surface area contributed by atoms with Crippen molar-refractivity contribution in [1.29, 1.82) is 0 Å². The van der Waals surface area contributed by atoms with E-state index in [9.17, 15) is 13.2 Å². The Labute approximate surface area is 164 Å². The number of carbonyl (C=O) groups is 1. The van der Waals surface area contributed by atoms with Crippen molar-refractivity contribution in [2.75, 3.05) is 33.2 Å². The molecular weight excluding hydrogens is 388 g/mol. The maximum atomic E-state index is 13.0. The summed E-state index contributed by atoms with van der Waals surface area (Å²) in [5.41, 5.74) is 0.952. The lowest BCUT2D eigenvalue weighted by Gasteiger charge is -2.31. The number of nitrogens with one attached hydrogen (secondary N) is 1. The van der Waals surface area contributed by atoms with E-state index < -0.39 is 10.0 Å². The summed E-state index contributed by atoms with van der Waals surface area (Å²) >= 11 is 6.15. The summed E-state index contributed by atoms with van der Waals surface area (Å²) in [5, 5.41) is 2.85. The van der Waals surface area contributed by atoms with Gasteiger partial charge in [0.15, 0.2) is 0 Å². The van der Waals surface area contributed by atoms with Gasteiger partial charge in [0.1, 0.15) is 4.90 Å². The third-order valence-electron chi connectivity index (χ3n) is 4.43. The maximum Gasteiger partial charge on any atom is 0.251 e. The van der Waals surface area contributed by atoms with E-state index in [1.165, 1.54) is 22.5 Å². The van der Waals surface area contributed by atoms with Crippen LogP contribution in [0.2, 0.25) is 5.02 Å². The summed E-state index contributed by atoms with van der Waals surface area (Å²) in [6.45, 7) is 2.35. The zero-order chi connectivity index (χ0) is 19.4.